The molecule has 62 valence electrons. The number of imidazole rings is 1. The Morgan fingerprint density at radius 1 is 1.64 bits per heavy atom. The predicted octanol–water partition coefficient (Wildman–Crippen LogP) is -0.00320. The molecule has 1 aromatic heterocycles. The van der Waals surface area contributed by atoms with Crippen molar-refractivity contribution in [3.63, 3.8) is 0 Å². The summed E-state index contributed by atoms with van der Waals surface area (Å²) in [6.45, 7) is 0. The van der Waals surface area contributed by atoms with E-state index in [1.54, 1.807) is 6.20 Å². The highest BCUT2D eigenvalue weighted by Crippen LogP contribution is 1.95. The van der Waals surface area contributed by atoms with Crippen LogP contribution < -0.4 is 0 Å². The molecule has 0 fully saturated rings. The molecule has 0 aliphatic heterocycles. The van der Waals surface area contributed by atoms with E-state index in [1.807, 2.05) is 0 Å². The molecular weight excluding hydrogens is 164 g/mol. The molecule has 4 nitrogen and oxygen atoms in total. The molecule has 1 heterocycles. The minimum absolute atomic E-state index is 0.176. The average Bonchev–Trinajstić information content (AvgIpc) is 2.32. The molecule has 0 amide bonds. The van der Waals surface area contributed by atoms with Crippen LogP contribution in [0, 0.1) is 0 Å². The number of aromatic amines is 1. The summed E-state index contributed by atoms with van der Waals surface area (Å²) in [6, 6.07) is 0. The molecule has 0 aliphatic carbocycles. The van der Waals surface area contributed by atoms with Gasteiger partial charge in [0, 0.05) is 24.6 Å². The summed E-state index contributed by atoms with van der Waals surface area (Å²) < 4.78 is 21.4. The predicted molar refractivity (Wildman–Crippen MR) is 42.0 cm³/mol. The summed E-state index contributed by atoms with van der Waals surface area (Å²) >= 11 is 0. The molecule has 0 atom stereocenters. The van der Waals surface area contributed by atoms with E-state index < -0.39 is 9.84 Å². The van der Waals surface area contributed by atoms with Crippen molar-refractivity contribution >= 4 is 9.84 Å². The molecule has 0 aliphatic rings. The van der Waals surface area contributed by atoms with Crippen molar-refractivity contribution in [3.8, 4) is 0 Å². The Kier molecular flexibility index (Phi) is 2.28. The summed E-state index contributed by atoms with van der Waals surface area (Å²) in [6.07, 6.45) is 4.91. The first-order valence-corrected chi connectivity index (χ1v) is 5.29. The van der Waals surface area contributed by atoms with Crippen LogP contribution in [0.4, 0.5) is 0 Å². The largest absolute Gasteiger partial charge is 0.348 e. The lowest BCUT2D eigenvalue weighted by molar-refractivity contribution is 0.601. The van der Waals surface area contributed by atoms with Crippen molar-refractivity contribution in [2.24, 2.45) is 0 Å². The molecule has 0 spiro atoms. The summed E-state index contributed by atoms with van der Waals surface area (Å²) in [7, 11) is -2.85. The third-order valence-corrected chi connectivity index (χ3v) is 2.24. The Bertz CT molecular complexity index is 301. The highest BCUT2D eigenvalue weighted by molar-refractivity contribution is 7.90. The third kappa shape index (κ3) is 3.18. The van der Waals surface area contributed by atoms with Gasteiger partial charge in [-0.15, -0.1) is 0 Å². The number of aromatic nitrogens is 2. The van der Waals surface area contributed by atoms with Crippen LogP contribution in [0.15, 0.2) is 12.5 Å². The first-order chi connectivity index (χ1) is 5.08. The van der Waals surface area contributed by atoms with Crippen LogP contribution in [-0.4, -0.2) is 30.4 Å². The van der Waals surface area contributed by atoms with Crippen molar-refractivity contribution in [1.29, 1.82) is 0 Å². The number of nitrogens with zero attached hydrogens (tertiary/aromatic N) is 1. The summed E-state index contributed by atoms with van der Waals surface area (Å²) in [5.74, 6) is 0.176. The molecule has 0 saturated heterocycles. The highest BCUT2D eigenvalue weighted by atomic mass is 32.2. The van der Waals surface area contributed by atoms with E-state index in [0.29, 0.717) is 6.42 Å². The van der Waals surface area contributed by atoms with E-state index in [0.717, 1.165) is 5.69 Å². The minimum Gasteiger partial charge on any atom is -0.348 e. The van der Waals surface area contributed by atoms with Gasteiger partial charge in [0.2, 0.25) is 0 Å². The number of nitrogens with one attached hydrogen (secondary N) is 1. The lowest BCUT2D eigenvalue weighted by Gasteiger charge is -1.93. The molecule has 5 heteroatoms. The van der Waals surface area contributed by atoms with Crippen molar-refractivity contribution in [2.45, 2.75) is 6.42 Å². The Balaban J connectivity index is 2.48. The maximum absolute atomic E-state index is 10.7. The van der Waals surface area contributed by atoms with E-state index in [2.05, 4.69) is 9.97 Å². The standard InChI is InChI=1S/C6H10N2O2S/c1-11(9,10)3-2-6-4-7-5-8-6/h4-5H,2-3H2,1H3,(H,7,8). The number of hydrogen-bond donors (Lipinski definition) is 1. The van der Waals surface area contributed by atoms with E-state index in [1.165, 1.54) is 12.6 Å². The molecule has 0 aromatic carbocycles. The van der Waals surface area contributed by atoms with Crippen LogP contribution in [0.3, 0.4) is 0 Å². The lowest BCUT2D eigenvalue weighted by Crippen LogP contribution is -2.05. The quantitative estimate of drug-likeness (QED) is 0.701. The second kappa shape index (κ2) is 3.04. The van der Waals surface area contributed by atoms with Crippen LogP contribution in [0.2, 0.25) is 0 Å². The zero-order valence-electron chi connectivity index (χ0n) is 6.24. The minimum atomic E-state index is -2.85. The fraction of sp³-hybridized carbons (Fsp3) is 0.500. The number of H-pyrrole nitrogens is 1. The van der Waals surface area contributed by atoms with Crippen molar-refractivity contribution in [1.82, 2.24) is 9.97 Å². The fourth-order valence-electron chi connectivity index (χ4n) is 0.717. The van der Waals surface area contributed by atoms with Crippen LogP contribution >= 0.6 is 0 Å². The van der Waals surface area contributed by atoms with Gasteiger partial charge in [-0.3, -0.25) is 0 Å². The monoisotopic (exact) mass is 174 g/mol. The van der Waals surface area contributed by atoms with Crippen molar-refractivity contribution < 1.29 is 8.42 Å². The van der Waals surface area contributed by atoms with Gasteiger partial charge in [-0.1, -0.05) is 0 Å². The molecule has 0 bridgehead atoms. The van der Waals surface area contributed by atoms with Crippen molar-refractivity contribution in [3.05, 3.63) is 18.2 Å². The number of sulfone groups is 1. The number of hydrogen-bond acceptors (Lipinski definition) is 3. The average molecular weight is 174 g/mol. The molecule has 0 unspecified atom stereocenters. The van der Waals surface area contributed by atoms with Gasteiger partial charge in [-0.05, 0) is 0 Å². The summed E-state index contributed by atoms with van der Waals surface area (Å²) in [4.78, 5) is 6.61. The van der Waals surface area contributed by atoms with E-state index in [-0.39, 0.29) is 5.75 Å². The van der Waals surface area contributed by atoms with Crippen LogP contribution in [0.5, 0.6) is 0 Å². The Morgan fingerprint density at radius 3 is 2.82 bits per heavy atom. The second-order valence-corrected chi connectivity index (χ2v) is 4.72. The maximum Gasteiger partial charge on any atom is 0.147 e. The Morgan fingerprint density at radius 2 is 2.36 bits per heavy atom. The SMILES string of the molecule is CS(=O)(=O)CCc1cnc[nH]1. The molecule has 0 saturated carbocycles. The van der Waals surface area contributed by atoms with Gasteiger partial charge in [0.15, 0.2) is 0 Å². The number of aryl methyl sites for hydroxylation is 1. The van der Waals surface area contributed by atoms with Gasteiger partial charge in [-0.25, -0.2) is 13.4 Å². The Labute approximate surface area is 65.6 Å². The van der Waals surface area contributed by atoms with Gasteiger partial charge >= 0.3 is 0 Å². The van der Waals surface area contributed by atoms with Crippen molar-refractivity contribution in [2.75, 3.05) is 12.0 Å². The summed E-state index contributed by atoms with van der Waals surface area (Å²) in [5.41, 5.74) is 0.857. The second-order valence-electron chi connectivity index (χ2n) is 2.46. The van der Waals surface area contributed by atoms with E-state index in [4.69, 9.17) is 0 Å². The van der Waals surface area contributed by atoms with Gasteiger partial charge in [0.25, 0.3) is 0 Å². The molecule has 1 rings (SSSR count). The normalized spacial score (nSPS) is 11.7. The fourth-order valence-corrected chi connectivity index (χ4v) is 1.31. The first-order valence-electron chi connectivity index (χ1n) is 3.23. The highest BCUT2D eigenvalue weighted by Gasteiger charge is 2.02. The molecular formula is C6H10N2O2S. The lowest BCUT2D eigenvalue weighted by atomic mass is 10.4. The van der Waals surface area contributed by atoms with Gasteiger partial charge < -0.3 is 4.98 Å². The maximum atomic E-state index is 10.7. The first kappa shape index (κ1) is 8.26. The molecule has 1 aromatic rings. The topological polar surface area (TPSA) is 62.8 Å². The molecule has 0 radical (unpaired) electrons. The smallest absolute Gasteiger partial charge is 0.147 e. The van der Waals surface area contributed by atoms with E-state index in [9.17, 15) is 8.42 Å². The van der Waals surface area contributed by atoms with Crippen LogP contribution in [-0.2, 0) is 16.3 Å². The Hall–Kier alpha value is -0.840. The zero-order valence-corrected chi connectivity index (χ0v) is 7.06. The van der Waals surface area contributed by atoms with Crippen LogP contribution in [0.25, 0.3) is 0 Å². The number of rotatable bonds is 3. The van der Waals surface area contributed by atoms with Crippen LogP contribution in [0.1, 0.15) is 5.69 Å². The molecule has 11 heavy (non-hydrogen) atoms. The zero-order chi connectivity index (χ0) is 8.32. The van der Waals surface area contributed by atoms with Gasteiger partial charge in [0.1, 0.15) is 9.84 Å². The third-order valence-electron chi connectivity index (χ3n) is 1.30. The van der Waals surface area contributed by atoms with Gasteiger partial charge in [-0.2, -0.15) is 0 Å². The molecule has 1 N–H and O–H groups in total. The van der Waals surface area contributed by atoms with Gasteiger partial charge in [0.05, 0.1) is 12.1 Å². The van der Waals surface area contributed by atoms with E-state index >= 15 is 0 Å². The summed E-state index contributed by atoms with van der Waals surface area (Å²) in [5, 5.41) is 0.